The van der Waals surface area contributed by atoms with Gasteiger partial charge in [-0.25, -0.2) is 4.79 Å². The number of benzene rings is 1. The molecule has 2 rings (SSSR count). The van der Waals surface area contributed by atoms with Crippen molar-refractivity contribution in [1.82, 2.24) is 20.9 Å². The minimum Gasteiger partial charge on any atom is -0.444 e. The van der Waals surface area contributed by atoms with Crippen molar-refractivity contribution >= 4 is 23.6 Å². The summed E-state index contributed by atoms with van der Waals surface area (Å²) in [7, 11) is 1.64. The number of carbonyl (C=O) groups excluding carboxylic acids is 3. The van der Waals surface area contributed by atoms with Crippen LogP contribution in [0.3, 0.4) is 0 Å². The van der Waals surface area contributed by atoms with Crippen LogP contribution in [-0.2, 0) is 14.3 Å². The van der Waals surface area contributed by atoms with Crippen LogP contribution in [-0.4, -0.2) is 54.2 Å². The molecular formula is C23H37N5O4. The molecule has 4 atom stereocenters. The molecule has 9 nitrogen and oxygen atoms in total. The van der Waals surface area contributed by atoms with Crippen LogP contribution in [0.2, 0.25) is 0 Å². The second kappa shape index (κ2) is 10.7. The monoisotopic (exact) mass is 447 g/mol. The summed E-state index contributed by atoms with van der Waals surface area (Å²) in [5.41, 5.74) is 6.76. The van der Waals surface area contributed by atoms with E-state index in [1.807, 2.05) is 12.1 Å². The number of hydrogen-bond donors (Lipinski definition) is 4. The molecule has 9 heteroatoms. The topological polar surface area (TPSA) is 126 Å². The standard InChI is InChI=1S/C23H37N5O4/c1-14-7-12-18(16-8-10-17(24)11-9-16)28(13-14)21(30)20(29)27-19(25-6)15(2)26-22(31)32-23(3,4)5/h8-11,14-15,18-19,25H,7,12-13,24H2,1-6H3,(H,26,31)(H,27,29)/t14-,15?,18+,19-/m0/s1. The third-order valence-corrected chi connectivity index (χ3v) is 5.44. The molecule has 5 N–H and O–H groups in total. The van der Waals surface area contributed by atoms with E-state index in [1.54, 1.807) is 51.8 Å². The van der Waals surface area contributed by atoms with Gasteiger partial charge in [0.05, 0.1) is 12.1 Å². The van der Waals surface area contributed by atoms with Gasteiger partial charge in [0.2, 0.25) is 0 Å². The number of amides is 3. The number of likely N-dealkylation sites (N-methyl/N-ethyl adjacent to an activating group) is 1. The van der Waals surface area contributed by atoms with Crippen molar-refractivity contribution < 1.29 is 19.1 Å². The van der Waals surface area contributed by atoms with E-state index in [0.29, 0.717) is 18.2 Å². The fourth-order valence-electron chi connectivity index (χ4n) is 3.80. The maximum Gasteiger partial charge on any atom is 0.407 e. The molecule has 1 aliphatic heterocycles. The number of nitrogens with two attached hydrogens (primary N) is 1. The van der Waals surface area contributed by atoms with Crippen molar-refractivity contribution in [3.05, 3.63) is 29.8 Å². The summed E-state index contributed by atoms with van der Waals surface area (Å²) in [6, 6.07) is 6.71. The largest absolute Gasteiger partial charge is 0.444 e. The van der Waals surface area contributed by atoms with Crippen LogP contribution in [0, 0.1) is 5.92 Å². The molecule has 1 heterocycles. The van der Waals surface area contributed by atoms with E-state index in [9.17, 15) is 14.4 Å². The molecule has 1 aromatic rings. The lowest BCUT2D eigenvalue weighted by Gasteiger charge is -2.39. The number of likely N-dealkylation sites (tertiary alicyclic amines) is 1. The molecule has 1 aromatic carbocycles. The lowest BCUT2D eigenvalue weighted by atomic mass is 9.89. The average molecular weight is 448 g/mol. The van der Waals surface area contributed by atoms with Gasteiger partial charge in [-0.15, -0.1) is 0 Å². The van der Waals surface area contributed by atoms with Gasteiger partial charge < -0.3 is 26.0 Å². The van der Waals surface area contributed by atoms with Crippen LogP contribution in [0.15, 0.2) is 24.3 Å². The molecule has 0 aromatic heterocycles. The van der Waals surface area contributed by atoms with Crippen LogP contribution in [0.25, 0.3) is 0 Å². The summed E-state index contributed by atoms with van der Waals surface area (Å²) in [6.45, 7) is 9.59. The fourth-order valence-corrected chi connectivity index (χ4v) is 3.80. The van der Waals surface area contributed by atoms with Crippen LogP contribution in [0.5, 0.6) is 0 Å². The highest BCUT2D eigenvalue weighted by Crippen LogP contribution is 2.33. The van der Waals surface area contributed by atoms with Crippen molar-refractivity contribution in [1.29, 1.82) is 0 Å². The first-order valence-electron chi connectivity index (χ1n) is 11.0. The van der Waals surface area contributed by atoms with Gasteiger partial charge in [0.1, 0.15) is 11.8 Å². The van der Waals surface area contributed by atoms with Crippen LogP contribution < -0.4 is 21.7 Å². The normalized spacial score (nSPS) is 20.8. The zero-order valence-corrected chi connectivity index (χ0v) is 19.9. The van der Waals surface area contributed by atoms with E-state index >= 15 is 0 Å². The molecule has 0 aliphatic carbocycles. The molecule has 32 heavy (non-hydrogen) atoms. The van der Waals surface area contributed by atoms with Crippen LogP contribution in [0.1, 0.15) is 59.1 Å². The Bertz CT molecular complexity index is 806. The maximum absolute atomic E-state index is 13.1. The number of carbonyl (C=O) groups is 3. The summed E-state index contributed by atoms with van der Waals surface area (Å²) < 4.78 is 5.26. The van der Waals surface area contributed by atoms with Gasteiger partial charge in [-0.2, -0.15) is 0 Å². The Morgan fingerprint density at radius 2 is 1.75 bits per heavy atom. The summed E-state index contributed by atoms with van der Waals surface area (Å²) in [5.74, 6) is -1.02. The quantitative estimate of drug-likeness (QED) is 0.311. The Morgan fingerprint density at radius 3 is 2.31 bits per heavy atom. The van der Waals surface area contributed by atoms with E-state index in [1.165, 1.54) is 0 Å². The Labute approximate surface area is 190 Å². The van der Waals surface area contributed by atoms with E-state index in [2.05, 4.69) is 22.9 Å². The summed E-state index contributed by atoms with van der Waals surface area (Å²) >= 11 is 0. The van der Waals surface area contributed by atoms with Crippen molar-refractivity contribution in [3.8, 4) is 0 Å². The van der Waals surface area contributed by atoms with Crippen molar-refractivity contribution in [3.63, 3.8) is 0 Å². The molecule has 3 amide bonds. The number of rotatable bonds is 5. The summed E-state index contributed by atoms with van der Waals surface area (Å²) in [5, 5.41) is 8.31. The number of ether oxygens (including phenoxy) is 1. The third-order valence-electron chi connectivity index (χ3n) is 5.44. The predicted molar refractivity (Wildman–Crippen MR) is 124 cm³/mol. The maximum atomic E-state index is 13.1. The second-order valence-electron chi connectivity index (χ2n) is 9.50. The molecule has 178 valence electrons. The van der Waals surface area contributed by atoms with Gasteiger partial charge >= 0.3 is 17.9 Å². The molecule has 1 fully saturated rings. The molecule has 0 saturated carbocycles. The van der Waals surface area contributed by atoms with E-state index in [-0.39, 0.29) is 6.04 Å². The highest BCUT2D eigenvalue weighted by atomic mass is 16.6. The van der Waals surface area contributed by atoms with Gasteiger partial charge in [-0.05, 0) is 71.2 Å². The fraction of sp³-hybridized carbons (Fsp3) is 0.609. The lowest BCUT2D eigenvalue weighted by molar-refractivity contribution is -0.149. The first kappa shape index (κ1) is 25.5. The van der Waals surface area contributed by atoms with E-state index < -0.39 is 35.7 Å². The van der Waals surface area contributed by atoms with Gasteiger partial charge in [0.25, 0.3) is 0 Å². The average Bonchev–Trinajstić information content (AvgIpc) is 2.70. The third kappa shape index (κ3) is 7.12. The number of hydrogen-bond acceptors (Lipinski definition) is 6. The SMILES string of the molecule is CN[C@@H](NC(=O)C(=O)N1C[C@@H](C)CC[C@@H]1c1ccc(N)cc1)C(C)NC(=O)OC(C)(C)C. The Balaban J connectivity index is 2.07. The number of nitrogens with one attached hydrogen (secondary N) is 3. The Kier molecular flexibility index (Phi) is 8.49. The zero-order chi connectivity index (χ0) is 24.1. The van der Waals surface area contributed by atoms with Crippen LogP contribution in [0.4, 0.5) is 10.5 Å². The van der Waals surface area contributed by atoms with Gasteiger partial charge in [0.15, 0.2) is 0 Å². The molecule has 0 radical (unpaired) electrons. The molecule has 1 aliphatic rings. The first-order valence-corrected chi connectivity index (χ1v) is 11.0. The smallest absolute Gasteiger partial charge is 0.407 e. The lowest BCUT2D eigenvalue weighted by Crippen LogP contribution is -2.59. The van der Waals surface area contributed by atoms with E-state index in [0.717, 1.165) is 18.4 Å². The molecular weight excluding hydrogens is 410 g/mol. The number of piperidine rings is 1. The predicted octanol–water partition coefficient (Wildman–Crippen LogP) is 2.14. The molecule has 0 bridgehead atoms. The highest BCUT2D eigenvalue weighted by molar-refractivity contribution is 6.35. The summed E-state index contributed by atoms with van der Waals surface area (Å²) in [6.07, 6.45) is 0.488. The van der Waals surface area contributed by atoms with Crippen LogP contribution >= 0.6 is 0 Å². The minimum atomic E-state index is -0.725. The van der Waals surface area contributed by atoms with Gasteiger partial charge in [-0.3, -0.25) is 14.9 Å². The second-order valence-corrected chi connectivity index (χ2v) is 9.50. The Hall–Kier alpha value is -2.81. The first-order chi connectivity index (χ1) is 14.9. The van der Waals surface area contributed by atoms with Gasteiger partial charge in [0, 0.05) is 12.2 Å². The minimum absolute atomic E-state index is 0.185. The van der Waals surface area contributed by atoms with Crippen molar-refractivity contribution in [2.45, 2.75) is 71.3 Å². The molecule has 1 unspecified atom stereocenters. The van der Waals surface area contributed by atoms with Crippen molar-refractivity contribution in [2.75, 3.05) is 19.3 Å². The Morgan fingerprint density at radius 1 is 1.12 bits per heavy atom. The number of anilines is 1. The molecule has 0 spiro atoms. The van der Waals surface area contributed by atoms with Crippen molar-refractivity contribution in [2.24, 2.45) is 5.92 Å². The summed E-state index contributed by atoms with van der Waals surface area (Å²) in [4.78, 5) is 39.7. The van der Waals surface area contributed by atoms with Gasteiger partial charge in [-0.1, -0.05) is 19.1 Å². The number of nitrogen functional groups attached to an aromatic ring is 1. The number of alkyl carbamates (subject to hydrolysis) is 1. The zero-order valence-electron chi connectivity index (χ0n) is 19.9. The van der Waals surface area contributed by atoms with E-state index in [4.69, 9.17) is 10.5 Å². The molecule has 1 saturated heterocycles. The highest BCUT2D eigenvalue weighted by Gasteiger charge is 2.35. The number of nitrogens with zero attached hydrogens (tertiary/aromatic N) is 1.